The van der Waals surface area contributed by atoms with E-state index in [9.17, 15) is 14.4 Å². The molecule has 0 aromatic heterocycles. The van der Waals surface area contributed by atoms with E-state index in [0.717, 1.165) is 24.0 Å². The average Bonchev–Trinajstić information content (AvgIpc) is 3.43. The highest BCUT2D eigenvalue weighted by Crippen LogP contribution is 2.21. The van der Waals surface area contributed by atoms with Crippen molar-refractivity contribution in [3.8, 4) is 0 Å². The van der Waals surface area contributed by atoms with E-state index in [2.05, 4.69) is 10.6 Å². The number of aryl methyl sites for hydroxylation is 2. The second kappa shape index (κ2) is 8.03. The van der Waals surface area contributed by atoms with Gasteiger partial charge in [-0.05, 0) is 51.0 Å². The predicted octanol–water partition coefficient (Wildman–Crippen LogP) is 2.99. The number of rotatable bonds is 6. The van der Waals surface area contributed by atoms with E-state index in [4.69, 9.17) is 4.74 Å². The van der Waals surface area contributed by atoms with E-state index in [-0.39, 0.29) is 11.9 Å². The molecular weight excluding hydrogens is 344 g/mol. The van der Waals surface area contributed by atoms with Crippen molar-refractivity contribution in [2.75, 3.05) is 11.9 Å². The summed E-state index contributed by atoms with van der Waals surface area (Å²) in [5.74, 6) is -1.28. The largest absolute Gasteiger partial charge is 0.452 e. The summed E-state index contributed by atoms with van der Waals surface area (Å²) in [4.78, 5) is 36.6. The van der Waals surface area contributed by atoms with Crippen LogP contribution in [0, 0.1) is 13.8 Å². The van der Waals surface area contributed by atoms with Crippen molar-refractivity contribution in [2.45, 2.75) is 32.7 Å². The fourth-order valence-corrected chi connectivity index (χ4v) is 2.77. The summed E-state index contributed by atoms with van der Waals surface area (Å²) in [5, 5.41) is 5.53. The van der Waals surface area contributed by atoms with Crippen LogP contribution in [0.4, 0.5) is 5.69 Å². The van der Waals surface area contributed by atoms with Crippen LogP contribution in [-0.2, 0) is 9.53 Å². The van der Waals surface area contributed by atoms with Gasteiger partial charge in [-0.25, -0.2) is 4.79 Å². The Bertz CT molecular complexity index is 867. The Hall–Kier alpha value is -3.15. The van der Waals surface area contributed by atoms with Crippen LogP contribution in [0.5, 0.6) is 0 Å². The predicted molar refractivity (Wildman–Crippen MR) is 102 cm³/mol. The number of hydrogen-bond donors (Lipinski definition) is 2. The van der Waals surface area contributed by atoms with E-state index >= 15 is 0 Å². The molecule has 1 aliphatic carbocycles. The Balaban J connectivity index is 1.59. The first-order chi connectivity index (χ1) is 12.9. The fraction of sp³-hybridized carbons (Fsp3) is 0.286. The molecule has 1 aliphatic rings. The number of anilines is 1. The van der Waals surface area contributed by atoms with Crippen molar-refractivity contribution in [3.05, 3.63) is 64.7 Å². The first kappa shape index (κ1) is 18.6. The molecule has 2 N–H and O–H groups in total. The molecule has 2 aromatic rings. The first-order valence-corrected chi connectivity index (χ1v) is 8.87. The molecule has 0 spiro atoms. The minimum atomic E-state index is -0.559. The first-order valence-electron chi connectivity index (χ1n) is 8.87. The van der Waals surface area contributed by atoms with Crippen molar-refractivity contribution >= 4 is 23.5 Å². The van der Waals surface area contributed by atoms with Crippen LogP contribution >= 0.6 is 0 Å². The summed E-state index contributed by atoms with van der Waals surface area (Å²) in [6, 6.07) is 12.4. The molecule has 0 saturated heterocycles. The molecule has 0 bridgehead atoms. The van der Waals surface area contributed by atoms with Gasteiger partial charge in [0.05, 0.1) is 16.8 Å². The zero-order valence-corrected chi connectivity index (χ0v) is 15.4. The maximum absolute atomic E-state index is 12.3. The molecule has 6 nitrogen and oxygen atoms in total. The Morgan fingerprint density at radius 3 is 2.37 bits per heavy atom. The van der Waals surface area contributed by atoms with Crippen LogP contribution in [0.15, 0.2) is 42.5 Å². The number of carbonyl (C=O) groups is 3. The van der Waals surface area contributed by atoms with Crippen LogP contribution in [0.3, 0.4) is 0 Å². The zero-order chi connectivity index (χ0) is 19.4. The van der Waals surface area contributed by atoms with Crippen molar-refractivity contribution in [2.24, 2.45) is 0 Å². The molecule has 0 unspecified atom stereocenters. The second-order valence-corrected chi connectivity index (χ2v) is 6.79. The minimum absolute atomic E-state index is 0.222. The van der Waals surface area contributed by atoms with Crippen LogP contribution in [-0.4, -0.2) is 30.4 Å². The number of amides is 2. The molecule has 0 aliphatic heterocycles. The monoisotopic (exact) mass is 366 g/mol. The van der Waals surface area contributed by atoms with Crippen molar-refractivity contribution in [1.29, 1.82) is 0 Å². The van der Waals surface area contributed by atoms with E-state index in [0.29, 0.717) is 16.8 Å². The number of ether oxygens (including phenoxy) is 1. The van der Waals surface area contributed by atoms with Gasteiger partial charge in [0.25, 0.3) is 11.8 Å². The van der Waals surface area contributed by atoms with Gasteiger partial charge in [-0.15, -0.1) is 0 Å². The summed E-state index contributed by atoms with van der Waals surface area (Å²) in [6.07, 6.45) is 1.96. The molecule has 0 radical (unpaired) electrons. The zero-order valence-electron chi connectivity index (χ0n) is 15.4. The molecular formula is C21H22N2O4. The second-order valence-electron chi connectivity index (χ2n) is 6.79. The van der Waals surface area contributed by atoms with E-state index in [1.807, 2.05) is 19.9 Å². The van der Waals surface area contributed by atoms with Gasteiger partial charge >= 0.3 is 5.97 Å². The van der Waals surface area contributed by atoms with Crippen LogP contribution in [0.2, 0.25) is 0 Å². The minimum Gasteiger partial charge on any atom is -0.452 e. The molecule has 3 rings (SSSR count). The SMILES string of the molecule is Cc1cc(C)cc(C(=O)OCC(=O)Nc2ccccc2C(=O)NC2CC2)c1. The van der Waals surface area contributed by atoms with Gasteiger partial charge in [-0.3, -0.25) is 9.59 Å². The summed E-state index contributed by atoms with van der Waals surface area (Å²) >= 11 is 0. The van der Waals surface area contributed by atoms with Crippen molar-refractivity contribution in [3.63, 3.8) is 0 Å². The maximum atomic E-state index is 12.3. The molecule has 27 heavy (non-hydrogen) atoms. The Labute approximate surface area is 157 Å². The quantitative estimate of drug-likeness (QED) is 0.770. The molecule has 6 heteroatoms. The number of carbonyl (C=O) groups excluding carboxylic acids is 3. The van der Waals surface area contributed by atoms with Crippen molar-refractivity contribution < 1.29 is 19.1 Å². The lowest BCUT2D eigenvalue weighted by Crippen LogP contribution is -2.28. The Kier molecular flexibility index (Phi) is 5.54. The van der Waals surface area contributed by atoms with Crippen LogP contribution in [0.1, 0.15) is 44.7 Å². The normalized spacial score (nSPS) is 13.0. The maximum Gasteiger partial charge on any atom is 0.338 e. The number of benzene rings is 2. The fourth-order valence-electron chi connectivity index (χ4n) is 2.77. The lowest BCUT2D eigenvalue weighted by molar-refractivity contribution is -0.119. The summed E-state index contributed by atoms with van der Waals surface area (Å²) in [7, 11) is 0. The van der Waals surface area contributed by atoms with Gasteiger partial charge in [0.1, 0.15) is 0 Å². The molecule has 0 heterocycles. The van der Waals surface area contributed by atoms with Gasteiger partial charge in [-0.1, -0.05) is 29.3 Å². The molecule has 0 atom stereocenters. The lowest BCUT2D eigenvalue weighted by atomic mass is 10.1. The molecule has 2 aromatic carbocycles. The third-order valence-electron chi connectivity index (χ3n) is 4.15. The number of nitrogens with one attached hydrogen (secondary N) is 2. The van der Waals surface area contributed by atoms with Crippen LogP contribution < -0.4 is 10.6 Å². The topological polar surface area (TPSA) is 84.5 Å². The Morgan fingerprint density at radius 1 is 1.04 bits per heavy atom. The standard InChI is InChI=1S/C21H22N2O4/c1-13-9-14(2)11-15(10-13)21(26)27-12-19(24)23-18-6-4-3-5-17(18)20(25)22-16-7-8-16/h3-6,9-11,16H,7-8,12H2,1-2H3,(H,22,25)(H,23,24). The average molecular weight is 366 g/mol. The number of hydrogen-bond acceptors (Lipinski definition) is 4. The van der Waals surface area contributed by atoms with Crippen molar-refractivity contribution in [1.82, 2.24) is 5.32 Å². The van der Waals surface area contributed by atoms with Crippen LogP contribution in [0.25, 0.3) is 0 Å². The smallest absolute Gasteiger partial charge is 0.338 e. The Morgan fingerprint density at radius 2 is 1.70 bits per heavy atom. The lowest BCUT2D eigenvalue weighted by Gasteiger charge is -2.11. The molecule has 1 saturated carbocycles. The number of para-hydroxylation sites is 1. The van der Waals surface area contributed by atoms with E-state index < -0.39 is 18.5 Å². The van der Waals surface area contributed by atoms with Gasteiger partial charge in [0.15, 0.2) is 6.61 Å². The summed E-state index contributed by atoms with van der Waals surface area (Å²) < 4.78 is 5.10. The molecule has 140 valence electrons. The summed E-state index contributed by atoms with van der Waals surface area (Å²) in [6.45, 7) is 3.35. The molecule has 1 fully saturated rings. The number of esters is 1. The highest BCUT2D eigenvalue weighted by Gasteiger charge is 2.25. The van der Waals surface area contributed by atoms with Gasteiger partial charge in [0.2, 0.25) is 0 Å². The van der Waals surface area contributed by atoms with E-state index in [1.54, 1.807) is 36.4 Å². The van der Waals surface area contributed by atoms with Gasteiger partial charge < -0.3 is 15.4 Å². The highest BCUT2D eigenvalue weighted by molar-refractivity contribution is 6.04. The molecule has 2 amide bonds. The van der Waals surface area contributed by atoms with E-state index in [1.165, 1.54) is 0 Å². The third-order valence-corrected chi connectivity index (χ3v) is 4.15. The van der Waals surface area contributed by atoms with Gasteiger partial charge in [0, 0.05) is 6.04 Å². The van der Waals surface area contributed by atoms with Gasteiger partial charge in [-0.2, -0.15) is 0 Å². The highest BCUT2D eigenvalue weighted by atomic mass is 16.5. The summed E-state index contributed by atoms with van der Waals surface area (Å²) in [5.41, 5.74) is 3.08. The third kappa shape index (κ3) is 5.17.